The third-order valence-corrected chi connectivity index (χ3v) is 4.94. The SMILES string of the molecule is CC(C)CN1CCC(C(=O)N2CC3CCC2C3)C1. The molecule has 3 atom stereocenters. The average Bonchev–Trinajstić information content (AvgIpc) is 3.01. The van der Waals surface area contributed by atoms with Crippen molar-refractivity contribution >= 4 is 5.91 Å². The Kier molecular flexibility index (Phi) is 3.35. The van der Waals surface area contributed by atoms with Crippen molar-refractivity contribution in [3.63, 3.8) is 0 Å². The predicted octanol–water partition coefficient (Wildman–Crippen LogP) is 1.98. The summed E-state index contributed by atoms with van der Waals surface area (Å²) >= 11 is 0. The highest BCUT2D eigenvalue weighted by atomic mass is 16.2. The van der Waals surface area contributed by atoms with E-state index in [1.165, 1.54) is 19.3 Å². The number of piperidine rings is 1. The number of carbonyl (C=O) groups excluding carboxylic acids is 1. The highest BCUT2D eigenvalue weighted by Crippen LogP contribution is 2.38. The molecule has 0 aromatic carbocycles. The zero-order valence-electron chi connectivity index (χ0n) is 11.8. The standard InChI is InChI=1S/C15H26N2O/c1-11(2)8-16-6-5-13(10-16)15(18)17-9-12-3-4-14(17)7-12/h11-14H,3-10H2,1-2H3. The summed E-state index contributed by atoms with van der Waals surface area (Å²) in [6.45, 7) is 8.85. The number of carbonyl (C=O) groups is 1. The van der Waals surface area contributed by atoms with Gasteiger partial charge in [0.25, 0.3) is 0 Å². The molecule has 3 rings (SSSR count). The van der Waals surface area contributed by atoms with Gasteiger partial charge in [-0.05, 0) is 44.1 Å². The van der Waals surface area contributed by atoms with Crippen molar-refractivity contribution in [3.05, 3.63) is 0 Å². The maximum Gasteiger partial charge on any atom is 0.227 e. The molecule has 2 saturated heterocycles. The van der Waals surface area contributed by atoms with Gasteiger partial charge in [-0.3, -0.25) is 4.79 Å². The summed E-state index contributed by atoms with van der Waals surface area (Å²) in [6.07, 6.45) is 4.99. The van der Waals surface area contributed by atoms with Gasteiger partial charge >= 0.3 is 0 Å². The zero-order chi connectivity index (χ0) is 12.7. The van der Waals surface area contributed by atoms with Gasteiger partial charge in [-0.1, -0.05) is 13.8 Å². The molecule has 1 aliphatic carbocycles. The van der Waals surface area contributed by atoms with E-state index in [-0.39, 0.29) is 0 Å². The molecule has 1 saturated carbocycles. The van der Waals surface area contributed by atoms with Gasteiger partial charge in [0.1, 0.15) is 0 Å². The number of amides is 1. The second-order valence-electron chi connectivity index (χ2n) is 6.96. The molecule has 0 aromatic heterocycles. The lowest BCUT2D eigenvalue weighted by Gasteiger charge is -2.29. The molecule has 2 bridgehead atoms. The van der Waals surface area contributed by atoms with Gasteiger partial charge in [-0.2, -0.15) is 0 Å². The number of nitrogens with zero attached hydrogens (tertiary/aromatic N) is 2. The molecule has 3 nitrogen and oxygen atoms in total. The van der Waals surface area contributed by atoms with E-state index in [9.17, 15) is 4.79 Å². The second kappa shape index (κ2) is 4.84. The number of fused-ring (bicyclic) bond motifs is 2. The summed E-state index contributed by atoms with van der Waals surface area (Å²) in [6, 6.07) is 0.599. The predicted molar refractivity (Wildman–Crippen MR) is 72.2 cm³/mol. The fourth-order valence-corrected chi connectivity index (χ4v) is 4.15. The molecule has 3 aliphatic rings. The van der Waals surface area contributed by atoms with E-state index < -0.39 is 0 Å². The van der Waals surface area contributed by atoms with E-state index in [0.717, 1.165) is 38.5 Å². The van der Waals surface area contributed by atoms with Gasteiger partial charge in [0.2, 0.25) is 5.91 Å². The van der Waals surface area contributed by atoms with E-state index in [2.05, 4.69) is 23.6 Å². The molecule has 0 radical (unpaired) electrons. The Hall–Kier alpha value is -0.570. The molecule has 18 heavy (non-hydrogen) atoms. The quantitative estimate of drug-likeness (QED) is 0.764. The Morgan fingerprint density at radius 1 is 1.22 bits per heavy atom. The van der Waals surface area contributed by atoms with Crippen LogP contribution in [0.15, 0.2) is 0 Å². The van der Waals surface area contributed by atoms with Crippen LogP contribution in [-0.2, 0) is 4.79 Å². The fourth-order valence-electron chi connectivity index (χ4n) is 4.15. The third kappa shape index (κ3) is 2.29. The summed E-state index contributed by atoms with van der Waals surface area (Å²) in [7, 11) is 0. The maximum absolute atomic E-state index is 12.6. The minimum atomic E-state index is 0.295. The van der Waals surface area contributed by atoms with Crippen molar-refractivity contribution in [3.8, 4) is 0 Å². The zero-order valence-corrected chi connectivity index (χ0v) is 11.8. The molecule has 2 aliphatic heterocycles. The van der Waals surface area contributed by atoms with Crippen molar-refractivity contribution in [1.82, 2.24) is 9.80 Å². The van der Waals surface area contributed by atoms with Crippen molar-refractivity contribution in [2.45, 2.75) is 45.6 Å². The first-order chi connectivity index (χ1) is 8.63. The minimum absolute atomic E-state index is 0.295. The normalized spacial score (nSPS) is 35.9. The summed E-state index contributed by atoms with van der Waals surface area (Å²) in [5.41, 5.74) is 0. The van der Waals surface area contributed by atoms with Crippen LogP contribution in [-0.4, -0.2) is 47.9 Å². The lowest BCUT2D eigenvalue weighted by atomic mass is 10.0. The molecular formula is C15H26N2O. The molecule has 2 heterocycles. The molecule has 1 amide bonds. The lowest BCUT2D eigenvalue weighted by molar-refractivity contribution is -0.136. The van der Waals surface area contributed by atoms with Gasteiger partial charge < -0.3 is 9.80 Å². The lowest BCUT2D eigenvalue weighted by Crippen LogP contribution is -2.42. The largest absolute Gasteiger partial charge is 0.339 e. The van der Waals surface area contributed by atoms with Crippen LogP contribution in [0.25, 0.3) is 0 Å². The van der Waals surface area contributed by atoms with E-state index >= 15 is 0 Å². The maximum atomic E-state index is 12.6. The molecular weight excluding hydrogens is 224 g/mol. The summed E-state index contributed by atoms with van der Waals surface area (Å²) in [5, 5.41) is 0. The van der Waals surface area contributed by atoms with Gasteiger partial charge in [0.05, 0.1) is 5.92 Å². The van der Waals surface area contributed by atoms with Gasteiger partial charge in [-0.25, -0.2) is 0 Å². The van der Waals surface area contributed by atoms with Gasteiger partial charge in [0, 0.05) is 25.7 Å². The van der Waals surface area contributed by atoms with Crippen LogP contribution >= 0.6 is 0 Å². The Morgan fingerprint density at radius 2 is 2.06 bits per heavy atom. The first-order valence-corrected chi connectivity index (χ1v) is 7.66. The van der Waals surface area contributed by atoms with Crippen LogP contribution in [0.5, 0.6) is 0 Å². The smallest absolute Gasteiger partial charge is 0.227 e. The van der Waals surface area contributed by atoms with Crippen LogP contribution in [0, 0.1) is 17.8 Å². The minimum Gasteiger partial charge on any atom is -0.339 e. The second-order valence-corrected chi connectivity index (χ2v) is 6.96. The molecule has 3 heteroatoms. The summed E-state index contributed by atoms with van der Waals surface area (Å²) in [4.78, 5) is 17.3. The van der Waals surface area contributed by atoms with Crippen LogP contribution in [0.1, 0.15) is 39.5 Å². The number of rotatable bonds is 3. The topological polar surface area (TPSA) is 23.6 Å². The Morgan fingerprint density at radius 3 is 2.67 bits per heavy atom. The van der Waals surface area contributed by atoms with Crippen LogP contribution in [0.2, 0.25) is 0 Å². The third-order valence-electron chi connectivity index (χ3n) is 4.94. The Bertz CT molecular complexity index is 328. The molecule has 3 fully saturated rings. The molecule has 0 aromatic rings. The van der Waals surface area contributed by atoms with Crippen LogP contribution < -0.4 is 0 Å². The first-order valence-electron chi connectivity index (χ1n) is 7.66. The highest BCUT2D eigenvalue weighted by molar-refractivity contribution is 5.80. The fraction of sp³-hybridized carbons (Fsp3) is 0.933. The van der Waals surface area contributed by atoms with E-state index in [1.807, 2.05) is 0 Å². The van der Waals surface area contributed by atoms with Crippen molar-refractivity contribution < 1.29 is 4.79 Å². The van der Waals surface area contributed by atoms with Crippen molar-refractivity contribution in [2.24, 2.45) is 17.8 Å². The molecule has 0 N–H and O–H groups in total. The number of hydrogen-bond donors (Lipinski definition) is 0. The van der Waals surface area contributed by atoms with E-state index in [0.29, 0.717) is 23.8 Å². The van der Waals surface area contributed by atoms with Gasteiger partial charge in [-0.15, -0.1) is 0 Å². The highest BCUT2D eigenvalue weighted by Gasteiger charge is 2.43. The van der Waals surface area contributed by atoms with Crippen molar-refractivity contribution in [1.29, 1.82) is 0 Å². The van der Waals surface area contributed by atoms with E-state index in [4.69, 9.17) is 0 Å². The van der Waals surface area contributed by atoms with Gasteiger partial charge in [0.15, 0.2) is 0 Å². The Balaban J connectivity index is 1.55. The first kappa shape index (κ1) is 12.5. The number of hydrogen-bond acceptors (Lipinski definition) is 2. The molecule has 102 valence electrons. The number of likely N-dealkylation sites (tertiary alicyclic amines) is 2. The van der Waals surface area contributed by atoms with Crippen LogP contribution in [0.4, 0.5) is 0 Å². The Labute approximate surface area is 111 Å². The average molecular weight is 250 g/mol. The van der Waals surface area contributed by atoms with Crippen molar-refractivity contribution in [2.75, 3.05) is 26.2 Å². The summed E-state index contributed by atoms with van der Waals surface area (Å²) in [5.74, 6) is 2.30. The monoisotopic (exact) mass is 250 g/mol. The molecule has 3 unspecified atom stereocenters. The molecule has 0 spiro atoms. The van der Waals surface area contributed by atoms with Crippen LogP contribution in [0.3, 0.4) is 0 Å². The van der Waals surface area contributed by atoms with E-state index in [1.54, 1.807) is 0 Å². The summed E-state index contributed by atoms with van der Waals surface area (Å²) < 4.78 is 0.